The molecule has 0 saturated carbocycles. The fourth-order valence-corrected chi connectivity index (χ4v) is 1.72. The highest BCUT2D eigenvalue weighted by atomic mass is 19.3. The lowest BCUT2D eigenvalue weighted by Gasteiger charge is -2.22. The number of hydrogen-bond acceptors (Lipinski definition) is 4. The van der Waals surface area contributed by atoms with Gasteiger partial charge in [0.05, 0.1) is 19.3 Å². The van der Waals surface area contributed by atoms with Crippen molar-refractivity contribution in [3.63, 3.8) is 0 Å². The normalized spacial score (nSPS) is 12.5. The third-order valence-corrected chi connectivity index (χ3v) is 2.79. The Morgan fingerprint density at radius 2 is 2.00 bits per heavy atom. The second-order valence-corrected chi connectivity index (χ2v) is 6.74. The zero-order valence-electron chi connectivity index (χ0n) is 14.3. The lowest BCUT2D eigenvalue weighted by molar-refractivity contribution is -0.00376. The first-order valence-electron chi connectivity index (χ1n) is 7.57. The van der Waals surface area contributed by atoms with E-state index in [0.29, 0.717) is 0 Å². The van der Waals surface area contributed by atoms with Crippen LogP contribution in [-0.2, 0) is 11.3 Å². The molecule has 8 heteroatoms. The van der Waals surface area contributed by atoms with Crippen molar-refractivity contribution in [3.05, 3.63) is 18.0 Å². The average molecular weight is 332 g/mol. The topological polar surface area (TPSA) is 68.2 Å². The number of alkyl halides is 2. The summed E-state index contributed by atoms with van der Waals surface area (Å²) >= 11 is 0. The molecule has 0 aliphatic heterocycles. The van der Waals surface area contributed by atoms with Crippen LogP contribution in [0.1, 0.15) is 46.2 Å². The van der Waals surface area contributed by atoms with Crippen molar-refractivity contribution in [2.45, 2.75) is 58.7 Å². The molecular weight excluding hydrogens is 306 g/mol. The molecule has 1 aromatic rings. The molecular formula is C15H26F2N4O2. The predicted octanol–water partition coefficient (Wildman–Crippen LogP) is 2.71. The van der Waals surface area contributed by atoms with E-state index in [1.807, 2.05) is 20.0 Å². The van der Waals surface area contributed by atoms with Crippen molar-refractivity contribution in [3.8, 4) is 0 Å². The molecule has 2 N–H and O–H groups in total. The summed E-state index contributed by atoms with van der Waals surface area (Å²) in [5, 5.41) is 8.89. The van der Waals surface area contributed by atoms with Gasteiger partial charge in [-0.1, -0.05) is 0 Å². The maximum absolute atomic E-state index is 13.7. The van der Waals surface area contributed by atoms with Crippen molar-refractivity contribution in [1.82, 2.24) is 20.4 Å². The summed E-state index contributed by atoms with van der Waals surface area (Å²) in [6, 6.07) is 0.225. The van der Waals surface area contributed by atoms with Crippen LogP contribution in [0.3, 0.4) is 0 Å². The molecule has 132 valence electrons. The maximum atomic E-state index is 13.7. The average Bonchev–Trinajstić information content (AvgIpc) is 2.83. The number of nitrogens with one attached hydrogen (secondary N) is 2. The van der Waals surface area contributed by atoms with Crippen LogP contribution in [0.25, 0.3) is 0 Å². The number of aromatic nitrogens is 2. The van der Waals surface area contributed by atoms with Gasteiger partial charge in [0.1, 0.15) is 5.60 Å². The van der Waals surface area contributed by atoms with E-state index < -0.39 is 30.7 Å². The van der Waals surface area contributed by atoms with Gasteiger partial charge in [-0.05, 0) is 34.6 Å². The van der Waals surface area contributed by atoms with Crippen LogP contribution in [0.15, 0.2) is 12.4 Å². The molecule has 0 atom stereocenters. The molecule has 6 nitrogen and oxygen atoms in total. The number of hydrogen-bond donors (Lipinski definition) is 2. The number of rotatable bonds is 7. The standard InChI is InChI=1S/C15H26F2N4O2/c1-11(2)21-8-12(7-20-21)6-18-9-15(16,17)10-19-13(22)23-14(3,4)5/h7-8,11,18H,6,9-10H2,1-5H3,(H,19,22). The third-order valence-electron chi connectivity index (χ3n) is 2.79. The molecule has 0 saturated heterocycles. The molecule has 1 rings (SSSR count). The van der Waals surface area contributed by atoms with Crippen molar-refractivity contribution < 1.29 is 18.3 Å². The molecule has 1 amide bonds. The van der Waals surface area contributed by atoms with Crippen molar-refractivity contribution in [2.24, 2.45) is 0 Å². The number of ether oxygens (including phenoxy) is 1. The number of carbonyl (C=O) groups excluding carboxylic acids is 1. The fraction of sp³-hybridized carbons (Fsp3) is 0.733. The smallest absolute Gasteiger partial charge is 0.407 e. The third kappa shape index (κ3) is 7.92. The Hall–Kier alpha value is -1.70. The summed E-state index contributed by atoms with van der Waals surface area (Å²) in [7, 11) is 0. The lowest BCUT2D eigenvalue weighted by Crippen LogP contribution is -2.44. The molecule has 1 heterocycles. The van der Waals surface area contributed by atoms with Gasteiger partial charge in [0.25, 0.3) is 5.92 Å². The van der Waals surface area contributed by atoms with E-state index in [2.05, 4.69) is 15.7 Å². The van der Waals surface area contributed by atoms with Gasteiger partial charge >= 0.3 is 6.09 Å². The molecule has 0 aliphatic rings. The quantitative estimate of drug-likeness (QED) is 0.805. The fourth-order valence-electron chi connectivity index (χ4n) is 1.72. The lowest BCUT2D eigenvalue weighted by atomic mass is 10.2. The summed E-state index contributed by atoms with van der Waals surface area (Å²) in [5.74, 6) is -3.06. The minimum Gasteiger partial charge on any atom is -0.444 e. The monoisotopic (exact) mass is 332 g/mol. The highest BCUT2D eigenvalue weighted by Crippen LogP contribution is 2.12. The van der Waals surface area contributed by atoms with Crippen LogP contribution in [0.2, 0.25) is 0 Å². The molecule has 0 aliphatic carbocycles. The summed E-state index contributed by atoms with van der Waals surface area (Å²) < 4.78 is 34.1. The first-order valence-corrected chi connectivity index (χ1v) is 7.57. The largest absolute Gasteiger partial charge is 0.444 e. The van der Waals surface area contributed by atoms with Crippen LogP contribution in [0, 0.1) is 0 Å². The molecule has 0 aromatic carbocycles. The van der Waals surface area contributed by atoms with Gasteiger partial charge in [-0.3, -0.25) is 4.68 Å². The van der Waals surface area contributed by atoms with E-state index >= 15 is 0 Å². The van der Waals surface area contributed by atoms with Crippen LogP contribution >= 0.6 is 0 Å². The van der Waals surface area contributed by atoms with Crippen LogP contribution in [-0.4, -0.2) is 40.5 Å². The Morgan fingerprint density at radius 3 is 2.52 bits per heavy atom. The highest BCUT2D eigenvalue weighted by molar-refractivity contribution is 5.67. The van der Waals surface area contributed by atoms with Gasteiger partial charge in [0.15, 0.2) is 0 Å². The van der Waals surface area contributed by atoms with E-state index in [1.54, 1.807) is 31.6 Å². The molecule has 1 aromatic heterocycles. The summed E-state index contributed by atoms with van der Waals surface area (Å²) in [6.07, 6.45) is 2.61. The van der Waals surface area contributed by atoms with E-state index in [1.165, 1.54) is 0 Å². The minimum atomic E-state index is -3.06. The molecule has 0 radical (unpaired) electrons. The van der Waals surface area contributed by atoms with E-state index in [0.717, 1.165) is 5.56 Å². The first-order chi connectivity index (χ1) is 10.5. The molecule has 23 heavy (non-hydrogen) atoms. The Labute approximate surface area is 135 Å². The summed E-state index contributed by atoms with van der Waals surface area (Å²) in [6.45, 7) is 7.95. The van der Waals surface area contributed by atoms with Crippen molar-refractivity contribution in [2.75, 3.05) is 13.1 Å². The maximum Gasteiger partial charge on any atom is 0.407 e. The minimum absolute atomic E-state index is 0.225. The number of amides is 1. The number of alkyl carbamates (subject to hydrolysis) is 1. The molecule has 0 unspecified atom stereocenters. The zero-order valence-corrected chi connectivity index (χ0v) is 14.3. The Morgan fingerprint density at radius 1 is 1.35 bits per heavy atom. The molecule has 0 fully saturated rings. The van der Waals surface area contributed by atoms with Gasteiger partial charge in [-0.15, -0.1) is 0 Å². The summed E-state index contributed by atoms with van der Waals surface area (Å²) in [5.41, 5.74) is 0.114. The van der Waals surface area contributed by atoms with Gasteiger partial charge in [-0.25, -0.2) is 13.6 Å². The number of carbonyl (C=O) groups is 1. The number of halogens is 2. The van der Waals surface area contributed by atoms with E-state index in [-0.39, 0.29) is 12.6 Å². The second-order valence-electron chi connectivity index (χ2n) is 6.74. The van der Waals surface area contributed by atoms with E-state index in [4.69, 9.17) is 4.74 Å². The Bertz CT molecular complexity index is 510. The van der Waals surface area contributed by atoms with Crippen LogP contribution in [0.5, 0.6) is 0 Å². The second kappa shape index (κ2) is 7.72. The molecule has 0 bridgehead atoms. The Balaban J connectivity index is 2.33. The predicted molar refractivity (Wildman–Crippen MR) is 83.5 cm³/mol. The number of nitrogens with zero attached hydrogens (tertiary/aromatic N) is 2. The van der Waals surface area contributed by atoms with Gasteiger partial charge < -0.3 is 15.4 Å². The van der Waals surface area contributed by atoms with Gasteiger partial charge in [0.2, 0.25) is 0 Å². The zero-order chi connectivity index (χ0) is 17.7. The van der Waals surface area contributed by atoms with Crippen molar-refractivity contribution in [1.29, 1.82) is 0 Å². The highest BCUT2D eigenvalue weighted by Gasteiger charge is 2.30. The van der Waals surface area contributed by atoms with E-state index in [9.17, 15) is 13.6 Å². The van der Waals surface area contributed by atoms with Gasteiger partial charge in [-0.2, -0.15) is 5.10 Å². The van der Waals surface area contributed by atoms with Crippen LogP contribution in [0.4, 0.5) is 13.6 Å². The van der Waals surface area contributed by atoms with Gasteiger partial charge in [0, 0.05) is 24.3 Å². The van der Waals surface area contributed by atoms with Crippen molar-refractivity contribution >= 4 is 6.09 Å². The summed E-state index contributed by atoms with van der Waals surface area (Å²) in [4.78, 5) is 11.4. The molecule has 0 spiro atoms. The SMILES string of the molecule is CC(C)n1cc(CNCC(F)(F)CNC(=O)OC(C)(C)C)cn1. The Kier molecular flexibility index (Phi) is 6.49. The van der Waals surface area contributed by atoms with Crippen LogP contribution < -0.4 is 10.6 Å². The first kappa shape index (κ1) is 19.3.